The number of nitrogens with zero attached hydrogens (tertiary/aromatic N) is 4. The zero-order valence-electron chi connectivity index (χ0n) is 16.1. The summed E-state index contributed by atoms with van der Waals surface area (Å²) in [6.07, 6.45) is 5.65. The van der Waals surface area contributed by atoms with Crippen LogP contribution in [0.15, 0.2) is 12.4 Å². The lowest BCUT2D eigenvalue weighted by Crippen LogP contribution is -2.55. The molecular weight excluding hydrogens is 346 g/mol. The minimum atomic E-state index is -0.872. The number of hydrogen-bond donors (Lipinski definition) is 2. The van der Waals surface area contributed by atoms with E-state index in [0.29, 0.717) is 32.6 Å². The number of rotatable bonds is 4. The highest BCUT2D eigenvalue weighted by atomic mass is 16.3. The second-order valence-corrected chi connectivity index (χ2v) is 7.99. The average molecular weight is 375 g/mol. The van der Waals surface area contributed by atoms with Crippen molar-refractivity contribution in [3.63, 3.8) is 0 Å². The molecule has 0 aliphatic carbocycles. The van der Waals surface area contributed by atoms with Gasteiger partial charge in [-0.05, 0) is 38.5 Å². The molecule has 1 aromatic heterocycles. The monoisotopic (exact) mass is 375 g/mol. The fourth-order valence-electron chi connectivity index (χ4n) is 3.97. The molecule has 3 N–H and O–H groups in total. The summed E-state index contributed by atoms with van der Waals surface area (Å²) in [7, 11) is 0. The Morgan fingerprint density at radius 1 is 1.30 bits per heavy atom. The number of amides is 2. The van der Waals surface area contributed by atoms with Crippen LogP contribution in [0.5, 0.6) is 0 Å². The summed E-state index contributed by atoms with van der Waals surface area (Å²) < 4.78 is 0. The van der Waals surface area contributed by atoms with E-state index in [9.17, 15) is 14.7 Å². The third-order valence-corrected chi connectivity index (χ3v) is 5.88. The maximum atomic E-state index is 12.4. The first-order chi connectivity index (χ1) is 12.8. The van der Waals surface area contributed by atoms with Gasteiger partial charge in [-0.15, -0.1) is 0 Å². The van der Waals surface area contributed by atoms with Gasteiger partial charge in [-0.3, -0.25) is 19.6 Å². The largest absolute Gasteiger partial charge is 0.391 e. The van der Waals surface area contributed by atoms with Crippen molar-refractivity contribution in [3.8, 4) is 0 Å². The van der Waals surface area contributed by atoms with Crippen molar-refractivity contribution >= 4 is 11.8 Å². The van der Waals surface area contributed by atoms with Crippen LogP contribution in [0, 0.1) is 12.3 Å². The average Bonchev–Trinajstić information content (AvgIpc) is 2.66. The van der Waals surface area contributed by atoms with E-state index >= 15 is 0 Å². The Bertz CT molecular complexity index is 683. The summed E-state index contributed by atoms with van der Waals surface area (Å²) in [5, 5.41) is 9.56. The molecule has 0 radical (unpaired) electrons. The van der Waals surface area contributed by atoms with Crippen LogP contribution < -0.4 is 5.73 Å². The number of aliphatic hydroxyl groups is 1. The second-order valence-electron chi connectivity index (χ2n) is 7.99. The number of nitrogens with two attached hydrogens (primary N) is 1. The minimum absolute atomic E-state index is 0.0394. The summed E-state index contributed by atoms with van der Waals surface area (Å²) in [5.74, 6) is -0.0452. The molecule has 8 nitrogen and oxygen atoms in total. The quantitative estimate of drug-likeness (QED) is 0.779. The van der Waals surface area contributed by atoms with Gasteiger partial charge in [0.25, 0.3) is 0 Å². The molecule has 2 aliphatic rings. The Hall–Kier alpha value is -2.06. The summed E-state index contributed by atoms with van der Waals surface area (Å²) in [6, 6.07) is -0.872. The van der Waals surface area contributed by atoms with Gasteiger partial charge in [0, 0.05) is 32.3 Å². The first-order valence-electron chi connectivity index (χ1n) is 9.57. The van der Waals surface area contributed by atoms with Crippen LogP contribution in [0.25, 0.3) is 0 Å². The van der Waals surface area contributed by atoms with Crippen molar-refractivity contribution in [1.82, 2.24) is 19.8 Å². The first-order valence-corrected chi connectivity index (χ1v) is 9.57. The molecule has 0 unspecified atom stereocenters. The first kappa shape index (κ1) is 19.7. The van der Waals surface area contributed by atoms with Gasteiger partial charge in [-0.2, -0.15) is 0 Å². The highest BCUT2D eigenvalue weighted by Gasteiger charge is 2.42. The predicted molar refractivity (Wildman–Crippen MR) is 99.3 cm³/mol. The lowest BCUT2D eigenvalue weighted by molar-refractivity contribution is -0.144. The number of hydrogen-bond acceptors (Lipinski definition) is 6. The van der Waals surface area contributed by atoms with Crippen molar-refractivity contribution in [2.45, 2.75) is 58.2 Å². The third-order valence-electron chi connectivity index (χ3n) is 5.88. The predicted octanol–water partition coefficient (Wildman–Crippen LogP) is 0.224. The molecule has 2 fully saturated rings. The fourth-order valence-corrected chi connectivity index (χ4v) is 3.97. The molecule has 3 heterocycles. The number of aryl methyl sites for hydroxylation is 1. The van der Waals surface area contributed by atoms with Gasteiger partial charge >= 0.3 is 0 Å². The van der Waals surface area contributed by atoms with Gasteiger partial charge in [-0.25, -0.2) is 0 Å². The number of likely N-dealkylation sites (tertiary alicyclic amines) is 2. The normalized spacial score (nSPS) is 22.0. The van der Waals surface area contributed by atoms with E-state index in [0.717, 1.165) is 30.7 Å². The zero-order valence-corrected chi connectivity index (χ0v) is 16.1. The molecule has 0 aromatic carbocycles. The van der Waals surface area contributed by atoms with Crippen molar-refractivity contribution in [2.75, 3.05) is 19.6 Å². The zero-order chi connectivity index (χ0) is 19.6. The lowest BCUT2D eigenvalue weighted by Gasteiger charge is -2.47. The molecule has 2 amide bonds. The molecule has 8 heteroatoms. The van der Waals surface area contributed by atoms with Gasteiger partial charge in [0.2, 0.25) is 11.8 Å². The Morgan fingerprint density at radius 3 is 2.59 bits per heavy atom. The second kappa shape index (κ2) is 7.90. The smallest absolute Gasteiger partial charge is 0.242 e. The Morgan fingerprint density at radius 2 is 2.00 bits per heavy atom. The van der Waals surface area contributed by atoms with E-state index < -0.39 is 12.1 Å². The van der Waals surface area contributed by atoms with Crippen molar-refractivity contribution in [2.24, 2.45) is 11.1 Å². The van der Waals surface area contributed by atoms with Crippen LogP contribution in [-0.2, 0) is 16.1 Å². The van der Waals surface area contributed by atoms with Crippen molar-refractivity contribution < 1.29 is 14.7 Å². The molecule has 3 rings (SSSR count). The molecule has 27 heavy (non-hydrogen) atoms. The van der Waals surface area contributed by atoms with Crippen LogP contribution in [0.4, 0.5) is 0 Å². The third kappa shape index (κ3) is 4.44. The molecule has 0 saturated carbocycles. The molecule has 148 valence electrons. The number of piperidine rings is 2. The Balaban J connectivity index is 1.61. The van der Waals surface area contributed by atoms with Gasteiger partial charge in [0.05, 0.1) is 30.2 Å². The molecule has 1 spiro atoms. The van der Waals surface area contributed by atoms with E-state index in [-0.39, 0.29) is 17.2 Å². The van der Waals surface area contributed by atoms with Crippen LogP contribution in [0.3, 0.4) is 0 Å². The van der Waals surface area contributed by atoms with Crippen LogP contribution >= 0.6 is 0 Å². The van der Waals surface area contributed by atoms with E-state index in [4.69, 9.17) is 5.73 Å². The topological polar surface area (TPSA) is 113 Å². The number of aromatic nitrogens is 2. The molecule has 1 aromatic rings. The molecule has 2 saturated heterocycles. The van der Waals surface area contributed by atoms with Crippen LogP contribution in [-0.4, -0.2) is 68.5 Å². The summed E-state index contributed by atoms with van der Waals surface area (Å²) in [6.45, 7) is 5.81. The summed E-state index contributed by atoms with van der Waals surface area (Å²) in [5.41, 5.74) is 7.48. The summed E-state index contributed by atoms with van der Waals surface area (Å²) in [4.78, 5) is 37.0. The standard InChI is InChI=1S/C19H29N5O3/c1-13-9-22-15(10-21-13)11-24-12-19(4-3-16(24)26)5-7-23(8-6-19)18(27)17(20)14(2)25/h9-10,14,17,25H,3-8,11-12,20H2,1-2H3/t14-,17+/m0/s1. The Kier molecular flexibility index (Phi) is 5.76. The number of carbonyl (C=O) groups excluding carboxylic acids is 2. The van der Waals surface area contributed by atoms with Crippen LogP contribution in [0.1, 0.15) is 44.0 Å². The SMILES string of the molecule is Cc1cnc(CN2CC3(CCC2=O)CCN(C(=O)[C@H](N)[C@H](C)O)CC3)cn1. The number of carbonyl (C=O) groups is 2. The van der Waals surface area contributed by atoms with Crippen molar-refractivity contribution in [1.29, 1.82) is 0 Å². The minimum Gasteiger partial charge on any atom is -0.391 e. The number of aliphatic hydroxyl groups excluding tert-OH is 1. The summed E-state index contributed by atoms with van der Waals surface area (Å²) >= 11 is 0. The van der Waals surface area contributed by atoms with E-state index in [1.807, 2.05) is 11.8 Å². The van der Waals surface area contributed by atoms with Gasteiger partial charge in [0.1, 0.15) is 6.04 Å². The van der Waals surface area contributed by atoms with E-state index in [1.54, 1.807) is 17.3 Å². The van der Waals surface area contributed by atoms with Crippen LogP contribution in [0.2, 0.25) is 0 Å². The van der Waals surface area contributed by atoms with Crippen molar-refractivity contribution in [3.05, 3.63) is 23.8 Å². The maximum Gasteiger partial charge on any atom is 0.242 e. The van der Waals surface area contributed by atoms with Gasteiger partial charge in [0.15, 0.2) is 0 Å². The van der Waals surface area contributed by atoms with Gasteiger partial charge in [-0.1, -0.05) is 0 Å². The lowest BCUT2D eigenvalue weighted by atomic mass is 9.72. The van der Waals surface area contributed by atoms with E-state index in [2.05, 4.69) is 9.97 Å². The van der Waals surface area contributed by atoms with Gasteiger partial charge < -0.3 is 20.6 Å². The Labute approximate surface area is 159 Å². The molecule has 0 bridgehead atoms. The molecule has 2 aliphatic heterocycles. The molecular formula is C19H29N5O3. The molecule has 2 atom stereocenters. The highest BCUT2D eigenvalue weighted by molar-refractivity contribution is 5.82. The van der Waals surface area contributed by atoms with E-state index in [1.165, 1.54) is 6.92 Å². The fraction of sp³-hybridized carbons (Fsp3) is 0.684. The highest BCUT2D eigenvalue weighted by Crippen LogP contribution is 2.40. The maximum absolute atomic E-state index is 12.4.